The Kier molecular flexibility index (Phi) is 2.70. The lowest BCUT2D eigenvalue weighted by atomic mass is 10.1. The Morgan fingerprint density at radius 2 is 2.05 bits per heavy atom. The number of rotatable bonds is 3. The number of hydrogen-bond donors (Lipinski definition) is 3. The number of aromatic amines is 1. The van der Waals surface area contributed by atoms with Crippen molar-refractivity contribution in [3.05, 3.63) is 35.5 Å². The third kappa shape index (κ3) is 2.17. The number of fused-ring (bicyclic) bond motifs is 1. The van der Waals surface area contributed by atoms with Gasteiger partial charge >= 0.3 is 0 Å². The van der Waals surface area contributed by atoms with E-state index in [0.717, 1.165) is 19.3 Å². The van der Waals surface area contributed by atoms with Crippen LogP contribution in [-0.2, 0) is 22.9 Å². The van der Waals surface area contributed by atoms with Crippen molar-refractivity contribution >= 4 is 21.5 Å². The zero-order valence-electron chi connectivity index (χ0n) is 10.2. The summed E-state index contributed by atoms with van der Waals surface area (Å²) >= 11 is 0. The predicted molar refractivity (Wildman–Crippen MR) is 72.3 cm³/mol. The van der Waals surface area contributed by atoms with E-state index in [1.54, 1.807) is 6.07 Å². The van der Waals surface area contributed by atoms with Gasteiger partial charge in [0.15, 0.2) is 0 Å². The van der Waals surface area contributed by atoms with E-state index in [0.29, 0.717) is 5.69 Å². The number of nitrogens with zero attached hydrogens (tertiary/aromatic N) is 1. The van der Waals surface area contributed by atoms with Crippen LogP contribution >= 0.6 is 0 Å². The number of anilines is 2. The smallest absolute Gasteiger partial charge is 0.267 e. The Balaban J connectivity index is 1.91. The summed E-state index contributed by atoms with van der Waals surface area (Å²) in [5, 5.41) is 6.03. The molecule has 6 nitrogen and oxygen atoms in total. The number of benzene rings is 1. The van der Waals surface area contributed by atoms with Gasteiger partial charge in [-0.15, -0.1) is 0 Å². The second-order valence-electron chi connectivity index (χ2n) is 4.59. The highest BCUT2D eigenvalue weighted by molar-refractivity contribution is 7.92. The quantitative estimate of drug-likeness (QED) is 0.787. The van der Waals surface area contributed by atoms with Crippen LogP contribution in [0.1, 0.15) is 17.5 Å². The molecule has 0 bridgehead atoms. The Hall–Kier alpha value is -2.02. The molecule has 1 aliphatic carbocycles. The molecule has 0 saturated carbocycles. The molecule has 1 aromatic carbocycles. The summed E-state index contributed by atoms with van der Waals surface area (Å²) in [7, 11) is -3.69. The van der Waals surface area contributed by atoms with Gasteiger partial charge in [-0.1, -0.05) is 6.07 Å². The van der Waals surface area contributed by atoms with Gasteiger partial charge < -0.3 is 5.73 Å². The van der Waals surface area contributed by atoms with Crippen LogP contribution in [0.2, 0.25) is 0 Å². The Labute approximate surface area is 111 Å². The van der Waals surface area contributed by atoms with Crippen molar-refractivity contribution < 1.29 is 8.42 Å². The van der Waals surface area contributed by atoms with Crippen LogP contribution in [0.5, 0.6) is 0 Å². The molecule has 0 radical (unpaired) electrons. The van der Waals surface area contributed by atoms with Crippen molar-refractivity contribution in [1.29, 1.82) is 0 Å². The fraction of sp³-hybridized carbons (Fsp3) is 0.250. The number of nitrogen functional groups attached to an aromatic ring is 1. The molecule has 1 aliphatic rings. The van der Waals surface area contributed by atoms with Crippen molar-refractivity contribution in [2.24, 2.45) is 0 Å². The number of aromatic nitrogens is 2. The number of aryl methyl sites for hydroxylation is 2. The van der Waals surface area contributed by atoms with Crippen LogP contribution < -0.4 is 10.5 Å². The van der Waals surface area contributed by atoms with Crippen molar-refractivity contribution in [2.45, 2.75) is 24.2 Å². The van der Waals surface area contributed by atoms with Crippen LogP contribution in [-0.4, -0.2) is 18.6 Å². The van der Waals surface area contributed by atoms with Gasteiger partial charge in [0.2, 0.25) is 0 Å². The summed E-state index contributed by atoms with van der Waals surface area (Å²) in [6, 6.07) is 5.63. The Bertz CT molecular complexity index is 721. The Morgan fingerprint density at radius 1 is 1.26 bits per heavy atom. The monoisotopic (exact) mass is 278 g/mol. The third-order valence-electron chi connectivity index (χ3n) is 3.27. The lowest BCUT2D eigenvalue weighted by molar-refractivity contribution is 0.601. The van der Waals surface area contributed by atoms with Gasteiger partial charge in [0.25, 0.3) is 10.0 Å². The summed E-state index contributed by atoms with van der Waals surface area (Å²) < 4.78 is 26.8. The molecular weight excluding hydrogens is 264 g/mol. The van der Waals surface area contributed by atoms with Crippen LogP contribution in [0.3, 0.4) is 0 Å². The fourth-order valence-corrected chi connectivity index (χ4v) is 3.42. The average molecular weight is 278 g/mol. The molecule has 4 N–H and O–H groups in total. The third-order valence-corrected chi connectivity index (χ3v) is 4.68. The zero-order valence-corrected chi connectivity index (χ0v) is 11.0. The number of hydrogen-bond acceptors (Lipinski definition) is 4. The minimum atomic E-state index is -3.69. The second kappa shape index (κ2) is 4.27. The van der Waals surface area contributed by atoms with E-state index in [4.69, 9.17) is 5.73 Å². The molecule has 100 valence electrons. The van der Waals surface area contributed by atoms with E-state index in [-0.39, 0.29) is 10.7 Å². The topological polar surface area (TPSA) is 101 Å². The first-order valence-corrected chi connectivity index (χ1v) is 7.48. The normalized spacial score (nSPS) is 14.3. The summed E-state index contributed by atoms with van der Waals surface area (Å²) in [5.74, 6) is 0.0358. The van der Waals surface area contributed by atoms with Crippen LogP contribution in [0, 0.1) is 0 Å². The molecule has 0 spiro atoms. The first-order chi connectivity index (χ1) is 9.06. The van der Waals surface area contributed by atoms with Crippen LogP contribution in [0.4, 0.5) is 11.5 Å². The molecule has 3 rings (SSSR count). The first kappa shape index (κ1) is 12.0. The molecule has 1 heterocycles. The molecular formula is C12H14N4O2S. The number of H-pyrrole nitrogens is 1. The lowest BCUT2D eigenvalue weighted by Crippen LogP contribution is -2.14. The second-order valence-corrected chi connectivity index (χ2v) is 6.24. The van der Waals surface area contributed by atoms with Crippen molar-refractivity contribution in [3.8, 4) is 0 Å². The minimum Gasteiger partial charge on any atom is -0.383 e. The molecule has 1 aromatic heterocycles. The molecule has 0 amide bonds. The highest BCUT2D eigenvalue weighted by atomic mass is 32.2. The van der Waals surface area contributed by atoms with E-state index >= 15 is 0 Å². The number of nitrogens with one attached hydrogen (secondary N) is 2. The van der Waals surface area contributed by atoms with Crippen LogP contribution in [0.25, 0.3) is 0 Å². The maximum Gasteiger partial charge on any atom is 0.267 e. The summed E-state index contributed by atoms with van der Waals surface area (Å²) in [5.41, 5.74) is 8.60. The predicted octanol–water partition coefficient (Wildman–Crippen LogP) is 1.28. The maximum absolute atomic E-state index is 12.1. The van der Waals surface area contributed by atoms with Gasteiger partial charge in [-0.3, -0.25) is 9.82 Å². The Morgan fingerprint density at radius 3 is 2.79 bits per heavy atom. The average Bonchev–Trinajstić information content (AvgIpc) is 2.96. The largest absolute Gasteiger partial charge is 0.383 e. The molecule has 0 unspecified atom stereocenters. The number of sulfonamides is 1. The van der Waals surface area contributed by atoms with Gasteiger partial charge in [-0.25, -0.2) is 8.42 Å². The van der Waals surface area contributed by atoms with Crippen molar-refractivity contribution in [2.75, 3.05) is 10.5 Å². The van der Waals surface area contributed by atoms with Crippen molar-refractivity contribution in [3.63, 3.8) is 0 Å². The minimum absolute atomic E-state index is 0.0343. The summed E-state index contributed by atoms with van der Waals surface area (Å²) in [6.07, 6.45) is 4.39. The highest BCUT2D eigenvalue weighted by Gasteiger charge is 2.20. The van der Waals surface area contributed by atoms with Gasteiger partial charge in [0, 0.05) is 5.69 Å². The van der Waals surface area contributed by atoms with Crippen LogP contribution in [0.15, 0.2) is 29.3 Å². The van der Waals surface area contributed by atoms with Gasteiger partial charge in [0.1, 0.15) is 10.7 Å². The van der Waals surface area contributed by atoms with Crippen molar-refractivity contribution in [1.82, 2.24) is 10.2 Å². The molecule has 0 atom stereocenters. The molecule has 0 fully saturated rings. The van der Waals surface area contributed by atoms with Gasteiger partial charge in [0.05, 0.1) is 6.20 Å². The van der Waals surface area contributed by atoms with Gasteiger partial charge in [-0.05, 0) is 42.5 Å². The fourth-order valence-electron chi connectivity index (χ4n) is 2.34. The zero-order chi connectivity index (χ0) is 13.5. The molecule has 0 saturated heterocycles. The highest BCUT2D eigenvalue weighted by Crippen LogP contribution is 2.26. The summed E-state index contributed by atoms with van der Waals surface area (Å²) in [4.78, 5) is -0.0343. The van der Waals surface area contributed by atoms with Gasteiger partial charge in [-0.2, -0.15) is 5.10 Å². The SMILES string of the molecule is Nc1[nH]ncc1S(=O)(=O)Nc1ccc2c(c1)CCC2. The lowest BCUT2D eigenvalue weighted by Gasteiger charge is -2.08. The molecule has 19 heavy (non-hydrogen) atoms. The van der Waals surface area contributed by atoms with E-state index in [2.05, 4.69) is 14.9 Å². The molecule has 2 aromatic rings. The standard InChI is InChI=1S/C12H14N4O2S/c13-12-11(7-14-15-12)19(17,18)16-10-5-4-8-2-1-3-9(8)6-10/h4-7,16H,1-3H2,(H3,13,14,15). The molecule has 0 aliphatic heterocycles. The molecule has 7 heteroatoms. The van der Waals surface area contributed by atoms with E-state index in [1.807, 2.05) is 12.1 Å². The van der Waals surface area contributed by atoms with E-state index < -0.39 is 10.0 Å². The number of nitrogens with two attached hydrogens (primary N) is 1. The first-order valence-electron chi connectivity index (χ1n) is 6.00. The van der Waals surface area contributed by atoms with E-state index in [9.17, 15) is 8.42 Å². The summed E-state index contributed by atoms with van der Waals surface area (Å²) in [6.45, 7) is 0. The maximum atomic E-state index is 12.1. The van der Waals surface area contributed by atoms with E-state index in [1.165, 1.54) is 17.3 Å².